The Morgan fingerprint density at radius 1 is 1.19 bits per heavy atom. The molecule has 5 heteroatoms. The molecule has 2 rings (SSSR count). The van der Waals surface area contributed by atoms with Gasteiger partial charge in [0.05, 0.1) is 23.2 Å². The second-order valence-corrected chi connectivity index (χ2v) is 5.96. The number of non-ortho nitro benzene ring substituents is 1. The van der Waals surface area contributed by atoms with E-state index in [-0.39, 0.29) is 5.69 Å². The Labute approximate surface area is 153 Å². The van der Waals surface area contributed by atoms with E-state index in [2.05, 4.69) is 13.0 Å². The SMILES string of the molecule is CCCCCCOc1cccc(C=C(C#N)c2ccc([N+](=O)[O-])cc2)c1. The number of allylic oxidation sites excluding steroid dienone is 1. The van der Waals surface area contributed by atoms with E-state index in [9.17, 15) is 15.4 Å². The van der Waals surface area contributed by atoms with Crippen molar-refractivity contribution in [3.05, 3.63) is 69.8 Å². The molecule has 134 valence electrons. The van der Waals surface area contributed by atoms with E-state index in [0.717, 1.165) is 24.2 Å². The van der Waals surface area contributed by atoms with E-state index in [0.29, 0.717) is 17.7 Å². The molecule has 0 saturated heterocycles. The number of nitro groups is 1. The van der Waals surface area contributed by atoms with Crippen LogP contribution in [0.15, 0.2) is 48.5 Å². The van der Waals surface area contributed by atoms with Gasteiger partial charge in [-0.1, -0.05) is 38.3 Å². The van der Waals surface area contributed by atoms with Crippen LogP contribution in [0.1, 0.15) is 43.7 Å². The van der Waals surface area contributed by atoms with Crippen LogP contribution in [0.3, 0.4) is 0 Å². The van der Waals surface area contributed by atoms with Gasteiger partial charge < -0.3 is 4.74 Å². The molecule has 0 radical (unpaired) electrons. The molecule has 0 amide bonds. The Morgan fingerprint density at radius 3 is 2.62 bits per heavy atom. The molecule has 0 fully saturated rings. The van der Waals surface area contributed by atoms with Gasteiger partial charge in [-0.3, -0.25) is 10.1 Å². The predicted octanol–water partition coefficient (Wildman–Crippen LogP) is 5.62. The maximum Gasteiger partial charge on any atom is 0.269 e. The zero-order valence-electron chi connectivity index (χ0n) is 14.9. The molecule has 0 aliphatic carbocycles. The van der Waals surface area contributed by atoms with Crippen molar-refractivity contribution < 1.29 is 9.66 Å². The molecular weight excluding hydrogens is 328 g/mol. The van der Waals surface area contributed by atoms with Crippen LogP contribution in [-0.2, 0) is 0 Å². The summed E-state index contributed by atoms with van der Waals surface area (Å²) in [5, 5.41) is 20.2. The minimum atomic E-state index is -0.457. The molecule has 0 spiro atoms. The fourth-order valence-corrected chi connectivity index (χ4v) is 2.52. The average Bonchev–Trinajstić information content (AvgIpc) is 2.66. The summed E-state index contributed by atoms with van der Waals surface area (Å²) in [6, 6.07) is 15.7. The van der Waals surface area contributed by atoms with Gasteiger partial charge in [0, 0.05) is 12.1 Å². The van der Waals surface area contributed by atoms with Gasteiger partial charge in [0.25, 0.3) is 5.69 Å². The van der Waals surface area contributed by atoms with E-state index in [4.69, 9.17) is 4.74 Å². The molecule has 2 aromatic carbocycles. The number of hydrogen-bond acceptors (Lipinski definition) is 4. The van der Waals surface area contributed by atoms with Gasteiger partial charge in [0.1, 0.15) is 5.75 Å². The number of hydrogen-bond donors (Lipinski definition) is 0. The maximum absolute atomic E-state index is 10.7. The Balaban J connectivity index is 2.09. The van der Waals surface area contributed by atoms with Crippen molar-refractivity contribution in [3.8, 4) is 11.8 Å². The number of nitrogens with zero attached hydrogens (tertiary/aromatic N) is 2. The van der Waals surface area contributed by atoms with Gasteiger partial charge in [0.15, 0.2) is 0 Å². The highest BCUT2D eigenvalue weighted by Gasteiger charge is 2.07. The van der Waals surface area contributed by atoms with E-state index < -0.39 is 4.92 Å². The molecule has 0 atom stereocenters. The summed E-state index contributed by atoms with van der Waals surface area (Å²) in [6.07, 6.45) is 6.35. The first-order valence-electron chi connectivity index (χ1n) is 8.73. The summed E-state index contributed by atoms with van der Waals surface area (Å²) in [4.78, 5) is 10.3. The summed E-state index contributed by atoms with van der Waals surface area (Å²) < 4.78 is 5.77. The van der Waals surface area contributed by atoms with Crippen molar-refractivity contribution in [2.24, 2.45) is 0 Å². The van der Waals surface area contributed by atoms with Crippen molar-refractivity contribution >= 4 is 17.3 Å². The predicted molar refractivity (Wildman–Crippen MR) is 103 cm³/mol. The molecule has 0 aliphatic rings. The van der Waals surface area contributed by atoms with Gasteiger partial charge >= 0.3 is 0 Å². The van der Waals surface area contributed by atoms with Gasteiger partial charge in [-0.15, -0.1) is 0 Å². The van der Waals surface area contributed by atoms with Crippen LogP contribution >= 0.6 is 0 Å². The lowest BCUT2D eigenvalue weighted by Crippen LogP contribution is -1.97. The Bertz CT molecular complexity index is 805. The highest BCUT2D eigenvalue weighted by Crippen LogP contribution is 2.22. The molecule has 0 aliphatic heterocycles. The molecule has 0 unspecified atom stereocenters. The minimum Gasteiger partial charge on any atom is -0.494 e. The third-order valence-electron chi connectivity index (χ3n) is 3.95. The monoisotopic (exact) mass is 350 g/mol. The lowest BCUT2D eigenvalue weighted by molar-refractivity contribution is -0.384. The fraction of sp³-hybridized carbons (Fsp3) is 0.286. The molecule has 0 bridgehead atoms. The molecule has 0 aromatic heterocycles. The van der Waals surface area contributed by atoms with Crippen LogP contribution in [-0.4, -0.2) is 11.5 Å². The second-order valence-electron chi connectivity index (χ2n) is 5.96. The van der Waals surface area contributed by atoms with Gasteiger partial charge in [-0.25, -0.2) is 0 Å². The zero-order chi connectivity index (χ0) is 18.8. The first kappa shape index (κ1) is 19.2. The summed E-state index contributed by atoms with van der Waals surface area (Å²) in [5.74, 6) is 0.774. The van der Waals surface area contributed by atoms with Crippen molar-refractivity contribution in [1.29, 1.82) is 5.26 Å². The number of ether oxygens (including phenoxy) is 1. The molecule has 0 heterocycles. The Morgan fingerprint density at radius 2 is 1.96 bits per heavy atom. The maximum atomic E-state index is 10.7. The third-order valence-corrected chi connectivity index (χ3v) is 3.95. The van der Waals surface area contributed by atoms with Crippen LogP contribution < -0.4 is 4.74 Å². The largest absolute Gasteiger partial charge is 0.494 e. The summed E-state index contributed by atoms with van der Waals surface area (Å²) in [5.41, 5.74) is 1.94. The number of rotatable bonds is 9. The number of benzene rings is 2. The number of nitro benzene ring substituents is 1. The first-order chi connectivity index (χ1) is 12.6. The van der Waals surface area contributed by atoms with E-state index >= 15 is 0 Å². The highest BCUT2D eigenvalue weighted by atomic mass is 16.6. The van der Waals surface area contributed by atoms with Crippen LogP contribution in [0, 0.1) is 21.4 Å². The standard InChI is InChI=1S/C21H22N2O3/c1-2-3-4-5-13-26-21-8-6-7-17(15-21)14-19(16-22)18-9-11-20(12-10-18)23(24)25/h6-12,14-15H,2-5,13H2,1H3. The summed E-state index contributed by atoms with van der Waals surface area (Å²) in [7, 11) is 0. The fourth-order valence-electron chi connectivity index (χ4n) is 2.52. The number of nitriles is 1. The van der Waals surface area contributed by atoms with Crippen LogP contribution in [0.2, 0.25) is 0 Å². The molecule has 0 saturated carbocycles. The van der Waals surface area contributed by atoms with E-state index in [1.54, 1.807) is 18.2 Å². The molecule has 0 N–H and O–H groups in total. The van der Waals surface area contributed by atoms with E-state index in [1.165, 1.54) is 25.0 Å². The lowest BCUT2D eigenvalue weighted by atomic mass is 10.0. The second kappa shape index (κ2) is 10.00. The van der Waals surface area contributed by atoms with Gasteiger partial charge in [0.2, 0.25) is 0 Å². The van der Waals surface area contributed by atoms with Gasteiger partial charge in [-0.05, 0) is 47.9 Å². The Hall–Kier alpha value is -3.13. The Kier molecular flexibility index (Phi) is 7.38. The van der Waals surface area contributed by atoms with Crippen LogP contribution in [0.5, 0.6) is 5.75 Å². The van der Waals surface area contributed by atoms with E-state index in [1.807, 2.05) is 24.3 Å². The highest BCUT2D eigenvalue weighted by molar-refractivity contribution is 5.89. The zero-order valence-corrected chi connectivity index (χ0v) is 14.9. The van der Waals surface area contributed by atoms with Crippen molar-refractivity contribution in [2.75, 3.05) is 6.61 Å². The normalized spacial score (nSPS) is 11.0. The first-order valence-corrected chi connectivity index (χ1v) is 8.73. The van der Waals surface area contributed by atoms with Crippen LogP contribution in [0.4, 0.5) is 5.69 Å². The summed E-state index contributed by atoms with van der Waals surface area (Å²) >= 11 is 0. The third kappa shape index (κ3) is 5.75. The van der Waals surface area contributed by atoms with Crippen molar-refractivity contribution in [3.63, 3.8) is 0 Å². The van der Waals surface area contributed by atoms with Crippen LogP contribution in [0.25, 0.3) is 11.6 Å². The topological polar surface area (TPSA) is 76.2 Å². The molecule has 5 nitrogen and oxygen atoms in total. The summed E-state index contributed by atoms with van der Waals surface area (Å²) in [6.45, 7) is 2.86. The van der Waals surface area contributed by atoms with Gasteiger partial charge in [-0.2, -0.15) is 5.26 Å². The average molecular weight is 350 g/mol. The molecule has 26 heavy (non-hydrogen) atoms. The van der Waals surface area contributed by atoms with Crippen molar-refractivity contribution in [1.82, 2.24) is 0 Å². The minimum absolute atomic E-state index is 0.00418. The molecular formula is C21H22N2O3. The number of unbranched alkanes of at least 4 members (excludes halogenated alkanes) is 3. The smallest absolute Gasteiger partial charge is 0.269 e. The molecule has 2 aromatic rings. The van der Waals surface area contributed by atoms with Crippen molar-refractivity contribution in [2.45, 2.75) is 32.6 Å². The lowest BCUT2D eigenvalue weighted by Gasteiger charge is -2.07. The quantitative estimate of drug-likeness (QED) is 0.193.